The maximum absolute atomic E-state index is 9.40. The SMILES string of the molecule is C=C1OC1CN(CC)c1cc(Oc2cc(C#N)ccc2-c2ncc(CCN)cn2)cc(C)n1. The summed E-state index contributed by atoms with van der Waals surface area (Å²) in [5.41, 5.74) is 8.58. The predicted octanol–water partition coefficient (Wildman–Crippen LogP) is 3.75. The number of likely N-dealkylation sites (N-methyl/N-ethyl adjacent to an activating group) is 1. The molecule has 168 valence electrons. The number of hydrogen-bond acceptors (Lipinski definition) is 8. The van der Waals surface area contributed by atoms with Crippen LogP contribution in [0.5, 0.6) is 11.5 Å². The van der Waals surface area contributed by atoms with Gasteiger partial charge in [0.05, 0.1) is 23.7 Å². The highest BCUT2D eigenvalue weighted by molar-refractivity contribution is 5.66. The van der Waals surface area contributed by atoms with Crippen molar-refractivity contribution in [3.05, 3.63) is 71.9 Å². The van der Waals surface area contributed by atoms with Crippen LogP contribution in [0, 0.1) is 18.3 Å². The Bertz CT molecular complexity index is 1200. The molecule has 0 amide bonds. The minimum atomic E-state index is 0.0370. The topological polar surface area (TPSA) is 113 Å². The van der Waals surface area contributed by atoms with Gasteiger partial charge in [-0.15, -0.1) is 0 Å². The second-order valence-corrected chi connectivity index (χ2v) is 7.79. The Morgan fingerprint density at radius 3 is 2.64 bits per heavy atom. The molecule has 4 rings (SSSR count). The van der Waals surface area contributed by atoms with Crippen molar-refractivity contribution < 1.29 is 9.47 Å². The molecule has 1 aliphatic heterocycles. The zero-order chi connectivity index (χ0) is 23.4. The predicted molar refractivity (Wildman–Crippen MR) is 126 cm³/mol. The lowest BCUT2D eigenvalue weighted by Gasteiger charge is -2.22. The van der Waals surface area contributed by atoms with Crippen LogP contribution >= 0.6 is 0 Å². The number of nitrogens with two attached hydrogens (primary N) is 1. The van der Waals surface area contributed by atoms with Gasteiger partial charge < -0.3 is 20.1 Å². The van der Waals surface area contributed by atoms with Crippen molar-refractivity contribution in [1.29, 1.82) is 5.26 Å². The molecule has 33 heavy (non-hydrogen) atoms. The first-order chi connectivity index (χ1) is 16.0. The fourth-order valence-corrected chi connectivity index (χ4v) is 3.49. The summed E-state index contributed by atoms with van der Waals surface area (Å²) in [6, 6.07) is 11.1. The molecule has 8 heteroatoms. The van der Waals surface area contributed by atoms with Gasteiger partial charge in [-0.25, -0.2) is 15.0 Å². The van der Waals surface area contributed by atoms with Crippen LogP contribution in [-0.4, -0.2) is 40.7 Å². The highest BCUT2D eigenvalue weighted by atomic mass is 16.6. The van der Waals surface area contributed by atoms with Crippen molar-refractivity contribution in [2.45, 2.75) is 26.4 Å². The van der Waals surface area contributed by atoms with Gasteiger partial charge in [-0.1, -0.05) is 6.58 Å². The number of nitriles is 1. The van der Waals surface area contributed by atoms with E-state index in [1.165, 1.54) is 0 Å². The molecule has 1 unspecified atom stereocenters. The molecule has 1 fully saturated rings. The summed E-state index contributed by atoms with van der Waals surface area (Å²) in [4.78, 5) is 15.7. The van der Waals surface area contributed by atoms with Crippen molar-refractivity contribution in [3.8, 4) is 29.0 Å². The van der Waals surface area contributed by atoms with Gasteiger partial charge in [-0.3, -0.25) is 0 Å². The highest BCUT2D eigenvalue weighted by Gasteiger charge is 2.32. The maximum atomic E-state index is 9.40. The maximum Gasteiger partial charge on any atom is 0.172 e. The molecule has 2 aromatic heterocycles. The third-order valence-electron chi connectivity index (χ3n) is 5.32. The number of aromatic nitrogens is 3. The normalized spacial score (nSPS) is 14.4. The monoisotopic (exact) mass is 442 g/mol. The third-order valence-corrected chi connectivity index (χ3v) is 5.32. The summed E-state index contributed by atoms with van der Waals surface area (Å²) in [5.74, 6) is 3.21. The molecule has 0 saturated carbocycles. The van der Waals surface area contributed by atoms with E-state index in [0.717, 1.165) is 29.4 Å². The van der Waals surface area contributed by atoms with E-state index in [2.05, 4.69) is 39.4 Å². The van der Waals surface area contributed by atoms with Crippen LogP contribution in [-0.2, 0) is 11.2 Å². The number of aryl methyl sites for hydroxylation is 1. The standard InChI is InChI=1S/C25H26N6O2/c1-4-31(15-23-17(3)32-23)24-11-20(9-16(2)30-24)33-22-10-18(12-27)5-6-21(22)25-28-13-19(7-8-26)14-29-25/h5-6,9-11,13-14,23H,3-4,7-8,15,26H2,1-2H3. The van der Waals surface area contributed by atoms with Crippen molar-refractivity contribution >= 4 is 5.82 Å². The summed E-state index contributed by atoms with van der Waals surface area (Å²) in [7, 11) is 0. The summed E-state index contributed by atoms with van der Waals surface area (Å²) < 4.78 is 11.7. The summed E-state index contributed by atoms with van der Waals surface area (Å²) in [5, 5.41) is 9.40. The smallest absolute Gasteiger partial charge is 0.172 e. The van der Waals surface area contributed by atoms with E-state index in [1.807, 2.05) is 19.1 Å². The zero-order valence-corrected chi connectivity index (χ0v) is 18.8. The Morgan fingerprint density at radius 2 is 2.00 bits per heavy atom. The average Bonchev–Trinajstić information content (AvgIpc) is 3.52. The largest absolute Gasteiger partial charge is 0.482 e. The minimum absolute atomic E-state index is 0.0370. The fraction of sp³-hybridized carbons (Fsp3) is 0.280. The number of anilines is 1. The van der Waals surface area contributed by atoms with Crippen LogP contribution < -0.4 is 15.4 Å². The number of benzene rings is 1. The molecule has 1 atom stereocenters. The molecule has 1 aliphatic rings. The number of epoxide rings is 1. The molecule has 3 heterocycles. The number of pyridine rings is 1. The van der Waals surface area contributed by atoms with Gasteiger partial charge in [0.25, 0.3) is 0 Å². The molecular formula is C25H26N6O2. The van der Waals surface area contributed by atoms with E-state index >= 15 is 0 Å². The van der Waals surface area contributed by atoms with Crippen LogP contribution in [0.1, 0.15) is 23.7 Å². The number of rotatable bonds is 9. The highest BCUT2D eigenvalue weighted by Crippen LogP contribution is 2.34. The third kappa shape index (κ3) is 5.27. The quantitative estimate of drug-likeness (QED) is 0.499. The Morgan fingerprint density at radius 1 is 1.24 bits per heavy atom. The molecule has 8 nitrogen and oxygen atoms in total. The summed E-state index contributed by atoms with van der Waals surface area (Å²) in [6.45, 7) is 9.82. The van der Waals surface area contributed by atoms with Crippen molar-refractivity contribution in [2.75, 3.05) is 24.5 Å². The van der Waals surface area contributed by atoms with E-state index in [9.17, 15) is 5.26 Å². The number of nitrogens with zero attached hydrogens (tertiary/aromatic N) is 5. The molecule has 0 bridgehead atoms. The molecule has 2 N–H and O–H groups in total. The van der Waals surface area contributed by atoms with Gasteiger partial charge in [-0.2, -0.15) is 5.26 Å². The average molecular weight is 443 g/mol. The molecule has 1 aromatic carbocycles. The van der Waals surface area contributed by atoms with Gasteiger partial charge >= 0.3 is 0 Å². The molecule has 0 radical (unpaired) electrons. The Labute approximate surface area is 193 Å². The van der Waals surface area contributed by atoms with Crippen molar-refractivity contribution in [1.82, 2.24) is 15.0 Å². The van der Waals surface area contributed by atoms with Crippen LogP contribution in [0.15, 0.2) is 55.1 Å². The van der Waals surface area contributed by atoms with Crippen LogP contribution in [0.4, 0.5) is 5.82 Å². The Hall–Kier alpha value is -3.96. The Balaban J connectivity index is 1.66. The van der Waals surface area contributed by atoms with Crippen LogP contribution in [0.3, 0.4) is 0 Å². The van der Waals surface area contributed by atoms with E-state index in [0.29, 0.717) is 48.0 Å². The van der Waals surface area contributed by atoms with E-state index in [4.69, 9.17) is 15.2 Å². The summed E-state index contributed by atoms with van der Waals surface area (Å²) >= 11 is 0. The van der Waals surface area contributed by atoms with Crippen LogP contribution in [0.25, 0.3) is 11.4 Å². The molecule has 0 spiro atoms. The molecule has 0 aliphatic carbocycles. The number of ether oxygens (including phenoxy) is 2. The Kier molecular flexibility index (Phi) is 6.52. The lowest BCUT2D eigenvalue weighted by atomic mass is 10.1. The van der Waals surface area contributed by atoms with Crippen LogP contribution in [0.2, 0.25) is 0 Å². The number of hydrogen-bond donors (Lipinski definition) is 1. The van der Waals surface area contributed by atoms with Crippen molar-refractivity contribution in [3.63, 3.8) is 0 Å². The van der Waals surface area contributed by atoms with Gasteiger partial charge in [0.1, 0.15) is 23.1 Å². The minimum Gasteiger partial charge on any atom is -0.482 e. The first-order valence-corrected chi connectivity index (χ1v) is 10.8. The lowest BCUT2D eigenvalue weighted by Crippen LogP contribution is -2.28. The van der Waals surface area contributed by atoms with E-state index in [1.54, 1.807) is 30.6 Å². The van der Waals surface area contributed by atoms with Gasteiger partial charge in [0.2, 0.25) is 0 Å². The summed E-state index contributed by atoms with van der Waals surface area (Å²) in [6.07, 6.45) is 4.27. The van der Waals surface area contributed by atoms with Gasteiger partial charge in [0, 0.05) is 36.8 Å². The fourth-order valence-electron chi connectivity index (χ4n) is 3.49. The first kappa shape index (κ1) is 22.2. The van der Waals surface area contributed by atoms with Crippen molar-refractivity contribution in [2.24, 2.45) is 5.73 Å². The molecule has 1 saturated heterocycles. The first-order valence-electron chi connectivity index (χ1n) is 10.8. The molecular weight excluding hydrogens is 416 g/mol. The lowest BCUT2D eigenvalue weighted by molar-refractivity contribution is 0.425. The zero-order valence-electron chi connectivity index (χ0n) is 18.8. The van der Waals surface area contributed by atoms with Gasteiger partial charge in [0.15, 0.2) is 11.9 Å². The molecule has 3 aromatic rings. The second-order valence-electron chi connectivity index (χ2n) is 7.79. The van der Waals surface area contributed by atoms with Gasteiger partial charge in [-0.05, 0) is 50.6 Å². The second kappa shape index (κ2) is 9.67. The van der Waals surface area contributed by atoms with E-state index in [-0.39, 0.29) is 6.10 Å². The van der Waals surface area contributed by atoms with E-state index < -0.39 is 0 Å².